The van der Waals surface area contributed by atoms with Crippen LogP contribution in [0.25, 0.3) is 10.8 Å². The number of piperidine rings is 1. The molecule has 4 rings (SSSR count). The normalized spacial score (nSPS) is 18.8. The summed E-state index contributed by atoms with van der Waals surface area (Å²) in [5.41, 5.74) is 1.67. The molecule has 1 aromatic carbocycles. The minimum Gasteiger partial charge on any atom is -0.459 e. The number of anilines is 1. The first-order valence-electron chi connectivity index (χ1n) is 10.6. The van der Waals surface area contributed by atoms with Crippen LogP contribution in [-0.4, -0.2) is 34.8 Å². The lowest BCUT2D eigenvalue weighted by Gasteiger charge is -2.35. The number of nitrogens with zero attached hydrogens (tertiary/aromatic N) is 2. The molecule has 162 valence electrons. The highest BCUT2D eigenvalue weighted by Gasteiger charge is 2.28. The van der Waals surface area contributed by atoms with Gasteiger partial charge in [0.25, 0.3) is 11.8 Å². The van der Waals surface area contributed by atoms with Crippen LogP contribution in [0.4, 0.5) is 5.69 Å². The Morgan fingerprint density at radius 2 is 1.81 bits per heavy atom. The van der Waals surface area contributed by atoms with Gasteiger partial charge < -0.3 is 14.6 Å². The lowest BCUT2D eigenvalue weighted by atomic mass is 9.91. The second kappa shape index (κ2) is 8.67. The highest BCUT2D eigenvalue weighted by molar-refractivity contribution is 7.17. The fraction of sp³-hybridized carbons (Fsp3) is 0.375. The maximum Gasteiger partial charge on any atom is 0.267 e. The summed E-state index contributed by atoms with van der Waals surface area (Å²) in [4.78, 5) is 33.2. The molecular weight excluding hydrogens is 410 g/mol. The number of aromatic nitrogens is 1. The second-order valence-electron chi connectivity index (χ2n) is 8.50. The van der Waals surface area contributed by atoms with Gasteiger partial charge in [-0.1, -0.05) is 26.0 Å². The summed E-state index contributed by atoms with van der Waals surface area (Å²) in [6.45, 7) is 9.51. The predicted molar refractivity (Wildman–Crippen MR) is 123 cm³/mol. The number of hydrogen-bond donors (Lipinski definition) is 1. The third-order valence-corrected chi connectivity index (χ3v) is 6.69. The highest BCUT2D eigenvalue weighted by Crippen LogP contribution is 2.30. The number of benzene rings is 1. The molecule has 1 aliphatic heterocycles. The number of aryl methyl sites for hydroxylation is 2. The van der Waals surface area contributed by atoms with Gasteiger partial charge in [-0.05, 0) is 56.4 Å². The van der Waals surface area contributed by atoms with E-state index in [9.17, 15) is 9.59 Å². The number of thiazole rings is 1. The molecule has 2 amide bonds. The first-order chi connectivity index (χ1) is 14.8. The monoisotopic (exact) mass is 437 g/mol. The number of likely N-dealkylation sites (tertiary alicyclic amines) is 1. The molecule has 1 N–H and O–H groups in total. The Balaban J connectivity index is 1.56. The van der Waals surface area contributed by atoms with Crippen molar-refractivity contribution in [2.45, 2.75) is 34.1 Å². The van der Waals surface area contributed by atoms with Gasteiger partial charge in [0.05, 0.1) is 16.9 Å². The Bertz CT molecular complexity index is 1110. The highest BCUT2D eigenvalue weighted by atomic mass is 32.1. The van der Waals surface area contributed by atoms with E-state index in [-0.39, 0.29) is 11.8 Å². The van der Waals surface area contributed by atoms with E-state index in [1.165, 1.54) is 11.3 Å². The van der Waals surface area contributed by atoms with Gasteiger partial charge in [0.1, 0.15) is 10.6 Å². The molecule has 2 atom stereocenters. The zero-order valence-corrected chi connectivity index (χ0v) is 19.1. The van der Waals surface area contributed by atoms with Crippen molar-refractivity contribution in [2.75, 3.05) is 18.4 Å². The number of nitrogens with one attached hydrogen (secondary N) is 1. The molecule has 7 heteroatoms. The molecule has 1 saturated heterocycles. The number of furan rings is 1. The first kappa shape index (κ1) is 21.3. The summed E-state index contributed by atoms with van der Waals surface area (Å²) >= 11 is 1.28. The van der Waals surface area contributed by atoms with E-state index in [1.807, 2.05) is 36.1 Å². The van der Waals surface area contributed by atoms with Crippen LogP contribution >= 0.6 is 11.3 Å². The largest absolute Gasteiger partial charge is 0.459 e. The Morgan fingerprint density at radius 1 is 1.10 bits per heavy atom. The van der Waals surface area contributed by atoms with Gasteiger partial charge >= 0.3 is 0 Å². The molecule has 1 aliphatic rings. The number of para-hydroxylation sites is 1. The van der Waals surface area contributed by atoms with Crippen molar-refractivity contribution in [3.05, 3.63) is 58.3 Å². The molecule has 6 nitrogen and oxygen atoms in total. The third kappa shape index (κ3) is 4.56. The van der Waals surface area contributed by atoms with Crippen LogP contribution in [0.1, 0.15) is 51.8 Å². The lowest BCUT2D eigenvalue weighted by Crippen LogP contribution is -2.42. The van der Waals surface area contributed by atoms with Gasteiger partial charge in [-0.15, -0.1) is 11.3 Å². The SMILES string of the molecule is Cc1ccc(-c2nc(C)c(C(=O)Nc3ccccc3C(=O)N3CC(C)CC(C)C3)s2)o1. The minimum absolute atomic E-state index is 0.0397. The summed E-state index contributed by atoms with van der Waals surface area (Å²) in [7, 11) is 0. The Kier molecular flexibility index (Phi) is 5.96. The molecule has 0 spiro atoms. The maximum atomic E-state index is 13.2. The molecule has 0 radical (unpaired) electrons. The number of hydrogen-bond acceptors (Lipinski definition) is 5. The van der Waals surface area contributed by atoms with Gasteiger partial charge in [-0.2, -0.15) is 0 Å². The van der Waals surface area contributed by atoms with E-state index < -0.39 is 0 Å². The molecule has 3 heterocycles. The van der Waals surface area contributed by atoms with Crippen molar-refractivity contribution in [1.29, 1.82) is 0 Å². The smallest absolute Gasteiger partial charge is 0.267 e. The summed E-state index contributed by atoms with van der Waals surface area (Å²) in [6, 6.07) is 10.9. The summed E-state index contributed by atoms with van der Waals surface area (Å²) in [5, 5.41) is 3.60. The Labute approximate surface area is 186 Å². The molecule has 2 aromatic heterocycles. The first-order valence-corrected chi connectivity index (χ1v) is 11.4. The van der Waals surface area contributed by atoms with Gasteiger partial charge in [-0.3, -0.25) is 9.59 Å². The van der Waals surface area contributed by atoms with Gasteiger partial charge in [0.2, 0.25) is 0 Å². The van der Waals surface area contributed by atoms with E-state index >= 15 is 0 Å². The van der Waals surface area contributed by atoms with Crippen molar-refractivity contribution in [2.24, 2.45) is 11.8 Å². The predicted octanol–water partition coefficient (Wildman–Crippen LogP) is 5.39. The van der Waals surface area contributed by atoms with E-state index in [0.717, 1.165) is 25.3 Å². The van der Waals surface area contributed by atoms with Crippen molar-refractivity contribution in [1.82, 2.24) is 9.88 Å². The maximum absolute atomic E-state index is 13.2. The van der Waals surface area contributed by atoms with Crippen LogP contribution in [0.15, 0.2) is 40.8 Å². The van der Waals surface area contributed by atoms with E-state index in [4.69, 9.17) is 4.42 Å². The second-order valence-corrected chi connectivity index (χ2v) is 9.50. The van der Waals surface area contributed by atoms with Gasteiger partial charge in [0, 0.05) is 13.1 Å². The van der Waals surface area contributed by atoms with E-state index in [2.05, 4.69) is 24.1 Å². The molecule has 1 fully saturated rings. The summed E-state index contributed by atoms with van der Waals surface area (Å²) < 4.78 is 5.64. The zero-order chi connectivity index (χ0) is 22.1. The molecule has 0 saturated carbocycles. The number of carbonyl (C=O) groups is 2. The average molecular weight is 438 g/mol. The van der Waals surface area contributed by atoms with Crippen molar-refractivity contribution < 1.29 is 14.0 Å². The quantitative estimate of drug-likeness (QED) is 0.594. The van der Waals surface area contributed by atoms with Crippen molar-refractivity contribution >= 4 is 28.8 Å². The van der Waals surface area contributed by atoms with Crippen molar-refractivity contribution in [3.63, 3.8) is 0 Å². The standard InChI is InChI=1S/C24H27N3O3S/c1-14-11-15(2)13-27(12-14)24(29)18-7-5-6-8-19(18)26-22(28)21-17(4)25-23(31-21)20-10-9-16(3)30-20/h5-10,14-15H,11-13H2,1-4H3,(H,26,28). The van der Waals surface area contributed by atoms with Crippen LogP contribution in [0.5, 0.6) is 0 Å². The summed E-state index contributed by atoms with van der Waals surface area (Å²) in [6.07, 6.45) is 1.13. The van der Waals surface area contributed by atoms with Gasteiger partial charge in [-0.25, -0.2) is 4.98 Å². The van der Waals surface area contributed by atoms with E-state index in [1.54, 1.807) is 19.1 Å². The van der Waals surface area contributed by atoms with Gasteiger partial charge in [0.15, 0.2) is 10.8 Å². The van der Waals surface area contributed by atoms with Crippen LogP contribution in [0.2, 0.25) is 0 Å². The Morgan fingerprint density at radius 3 is 2.48 bits per heavy atom. The van der Waals surface area contributed by atoms with Crippen LogP contribution in [0, 0.1) is 25.7 Å². The number of carbonyl (C=O) groups excluding carboxylic acids is 2. The third-order valence-electron chi connectivity index (χ3n) is 5.52. The number of rotatable bonds is 4. The zero-order valence-electron chi connectivity index (χ0n) is 18.3. The molecule has 0 bridgehead atoms. The minimum atomic E-state index is -0.273. The van der Waals surface area contributed by atoms with Crippen LogP contribution < -0.4 is 5.32 Å². The molecule has 31 heavy (non-hydrogen) atoms. The van der Waals surface area contributed by atoms with Crippen LogP contribution in [-0.2, 0) is 0 Å². The van der Waals surface area contributed by atoms with E-state index in [0.29, 0.717) is 44.4 Å². The number of amides is 2. The van der Waals surface area contributed by atoms with Crippen LogP contribution in [0.3, 0.4) is 0 Å². The summed E-state index contributed by atoms with van der Waals surface area (Å²) in [5.74, 6) is 2.07. The fourth-order valence-electron chi connectivity index (χ4n) is 4.22. The fourth-order valence-corrected chi connectivity index (χ4v) is 5.14. The average Bonchev–Trinajstić information content (AvgIpc) is 3.32. The molecule has 0 aliphatic carbocycles. The topological polar surface area (TPSA) is 75.4 Å². The Hall–Kier alpha value is -2.93. The molecular formula is C24H27N3O3S. The van der Waals surface area contributed by atoms with Crippen molar-refractivity contribution in [3.8, 4) is 10.8 Å². The molecule has 2 unspecified atom stereocenters. The molecule has 3 aromatic rings. The lowest BCUT2D eigenvalue weighted by molar-refractivity contribution is 0.0624.